The number of esters is 1. The molecular weight excluding hydrogens is 572 g/mol. The minimum Gasteiger partial charge on any atom is -0.461 e. The quantitative estimate of drug-likeness (QED) is 0.201. The SMILES string of the molecule is C=CCO[C@H]1[C@H](OC)C[C@@]23COC[C@]1(C)[C@@H]2CC[C@H]1C3=CC[C@@]2(C)[C@H](C(=O)OCc3ccccc3)[C@@](C)([C@H](C)C(C)C)CC[C@]12C. The maximum atomic E-state index is 14.6. The van der Waals surface area contributed by atoms with Crippen LogP contribution >= 0.6 is 0 Å². The summed E-state index contributed by atoms with van der Waals surface area (Å²) in [5.41, 5.74) is 2.04. The molecule has 0 spiro atoms. The van der Waals surface area contributed by atoms with Crippen LogP contribution in [0.1, 0.15) is 92.6 Å². The van der Waals surface area contributed by atoms with Gasteiger partial charge in [-0.15, -0.1) is 6.58 Å². The van der Waals surface area contributed by atoms with Crippen LogP contribution < -0.4 is 0 Å². The van der Waals surface area contributed by atoms with Gasteiger partial charge in [0.2, 0.25) is 0 Å². The summed E-state index contributed by atoms with van der Waals surface area (Å²) in [7, 11) is 1.85. The van der Waals surface area contributed by atoms with Gasteiger partial charge in [0.1, 0.15) is 6.61 Å². The highest BCUT2D eigenvalue weighted by molar-refractivity contribution is 5.75. The fraction of sp³-hybridized carbons (Fsp3) is 0.732. The van der Waals surface area contributed by atoms with Gasteiger partial charge < -0.3 is 18.9 Å². The van der Waals surface area contributed by atoms with Crippen molar-refractivity contribution < 1.29 is 23.7 Å². The van der Waals surface area contributed by atoms with Crippen molar-refractivity contribution in [3.8, 4) is 0 Å². The second kappa shape index (κ2) is 12.2. The zero-order valence-corrected chi connectivity index (χ0v) is 29.9. The summed E-state index contributed by atoms with van der Waals surface area (Å²) in [5, 5.41) is 0. The van der Waals surface area contributed by atoms with E-state index >= 15 is 0 Å². The molecule has 0 radical (unpaired) electrons. The van der Waals surface area contributed by atoms with Gasteiger partial charge in [0.15, 0.2) is 0 Å². The third-order valence-electron chi connectivity index (χ3n) is 15.0. The van der Waals surface area contributed by atoms with E-state index in [1.165, 1.54) is 0 Å². The molecule has 4 aliphatic carbocycles. The zero-order chi connectivity index (χ0) is 33.1. The lowest BCUT2D eigenvalue weighted by Crippen LogP contribution is -2.70. The molecule has 254 valence electrons. The van der Waals surface area contributed by atoms with Crippen LogP contribution in [-0.4, -0.2) is 45.1 Å². The molecule has 6 rings (SSSR count). The van der Waals surface area contributed by atoms with E-state index in [1.807, 2.05) is 43.5 Å². The van der Waals surface area contributed by atoms with E-state index < -0.39 is 0 Å². The number of methoxy groups -OCH3 is 1. The summed E-state index contributed by atoms with van der Waals surface area (Å²) < 4.78 is 25.7. The minimum absolute atomic E-state index is 0.00752. The van der Waals surface area contributed by atoms with Gasteiger partial charge in [0.25, 0.3) is 0 Å². The standard InChI is InChI=1S/C41H60O5/c1-10-22-45-35-32(43-9)23-41-26-44-25-38(35,6)33(41)17-16-30-31(41)18-19-40(8)34(36(42)46-24-29-14-12-11-13-15-29)37(5,28(4)27(2)3)20-21-39(30,40)7/h10-15,18,27-28,30,32-35H,1,16-17,19-26H2,2-9H3/t28-,30+,32-,33+,34-,35+,37-,38-,39-,40+,41+/m1/s1. The van der Waals surface area contributed by atoms with Gasteiger partial charge in [-0.1, -0.05) is 96.5 Å². The maximum Gasteiger partial charge on any atom is 0.310 e. The Morgan fingerprint density at radius 2 is 1.78 bits per heavy atom. The van der Waals surface area contributed by atoms with Crippen LogP contribution in [-0.2, 0) is 30.3 Å². The summed E-state index contributed by atoms with van der Waals surface area (Å²) in [6.07, 6.45) is 10.7. The second-order valence-electron chi connectivity index (χ2n) is 17.1. The molecule has 1 aromatic rings. The van der Waals surface area contributed by atoms with E-state index in [9.17, 15) is 4.79 Å². The zero-order valence-electron chi connectivity index (χ0n) is 29.9. The number of rotatable bonds is 9. The third-order valence-corrected chi connectivity index (χ3v) is 15.0. The number of benzene rings is 1. The van der Waals surface area contributed by atoms with E-state index in [-0.39, 0.29) is 51.2 Å². The van der Waals surface area contributed by atoms with Crippen molar-refractivity contribution >= 4 is 5.97 Å². The molecular formula is C41H60O5. The van der Waals surface area contributed by atoms with Crippen LogP contribution in [0.15, 0.2) is 54.6 Å². The van der Waals surface area contributed by atoms with Crippen LogP contribution in [0.25, 0.3) is 0 Å². The molecule has 4 fully saturated rings. The van der Waals surface area contributed by atoms with Crippen molar-refractivity contribution in [1.82, 2.24) is 0 Å². The molecule has 5 nitrogen and oxygen atoms in total. The smallest absolute Gasteiger partial charge is 0.310 e. The average molecular weight is 633 g/mol. The van der Waals surface area contributed by atoms with E-state index in [1.54, 1.807) is 5.57 Å². The Kier molecular flexibility index (Phi) is 8.99. The molecule has 0 N–H and O–H groups in total. The maximum absolute atomic E-state index is 14.6. The van der Waals surface area contributed by atoms with Gasteiger partial charge in [-0.3, -0.25) is 4.79 Å². The van der Waals surface area contributed by atoms with E-state index in [0.717, 1.165) is 50.7 Å². The number of ether oxygens (including phenoxy) is 4. The van der Waals surface area contributed by atoms with E-state index in [4.69, 9.17) is 18.9 Å². The number of hydrogen-bond donors (Lipinski definition) is 0. The first-order valence-corrected chi connectivity index (χ1v) is 18.1. The highest BCUT2D eigenvalue weighted by Gasteiger charge is 2.71. The number of allylic oxidation sites excluding steroid dienone is 1. The molecule has 1 saturated heterocycles. The molecule has 46 heavy (non-hydrogen) atoms. The van der Waals surface area contributed by atoms with E-state index in [2.05, 4.69) is 61.1 Å². The number of carbonyl (C=O) groups is 1. The summed E-state index contributed by atoms with van der Waals surface area (Å²) in [6.45, 7) is 23.0. The molecule has 1 aromatic carbocycles. The first-order chi connectivity index (χ1) is 21.8. The summed E-state index contributed by atoms with van der Waals surface area (Å²) >= 11 is 0. The third kappa shape index (κ3) is 4.84. The van der Waals surface area contributed by atoms with E-state index in [0.29, 0.717) is 43.5 Å². The molecule has 5 aliphatic rings. The highest BCUT2D eigenvalue weighted by Crippen LogP contribution is 2.75. The predicted molar refractivity (Wildman–Crippen MR) is 183 cm³/mol. The van der Waals surface area contributed by atoms with Gasteiger partial charge in [0.05, 0.1) is 37.9 Å². The fourth-order valence-corrected chi connectivity index (χ4v) is 12.0. The van der Waals surface area contributed by atoms with Crippen LogP contribution in [0.3, 0.4) is 0 Å². The van der Waals surface area contributed by atoms with Crippen molar-refractivity contribution in [3.05, 3.63) is 60.2 Å². The molecule has 1 heterocycles. The number of fused-ring (bicyclic) bond motifs is 3. The first kappa shape index (κ1) is 33.9. The van der Waals surface area contributed by atoms with Crippen LogP contribution in [0.4, 0.5) is 0 Å². The van der Waals surface area contributed by atoms with Crippen molar-refractivity contribution in [3.63, 3.8) is 0 Å². The van der Waals surface area contributed by atoms with Crippen LogP contribution in [0.2, 0.25) is 0 Å². The molecule has 0 amide bonds. The Labute approximate surface area is 278 Å². The van der Waals surface area contributed by atoms with Gasteiger partial charge >= 0.3 is 5.97 Å². The lowest BCUT2D eigenvalue weighted by atomic mass is 9.34. The molecule has 3 saturated carbocycles. The van der Waals surface area contributed by atoms with Crippen molar-refractivity contribution in [2.75, 3.05) is 26.9 Å². The average Bonchev–Trinajstić information content (AvgIpc) is 3.03. The Balaban J connectivity index is 1.41. The van der Waals surface area contributed by atoms with Crippen molar-refractivity contribution in [2.45, 2.75) is 106 Å². The van der Waals surface area contributed by atoms with Gasteiger partial charge in [-0.2, -0.15) is 0 Å². The van der Waals surface area contributed by atoms with Gasteiger partial charge in [0, 0.05) is 17.9 Å². The Hall–Kier alpha value is -1.95. The van der Waals surface area contributed by atoms with Gasteiger partial charge in [-0.25, -0.2) is 0 Å². The number of hydrogen-bond acceptors (Lipinski definition) is 5. The van der Waals surface area contributed by atoms with Crippen LogP contribution in [0, 0.1) is 56.7 Å². The van der Waals surface area contributed by atoms with Gasteiger partial charge in [-0.05, 0) is 84.0 Å². The predicted octanol–water partition coefficient (Wildman–Crippen LogP) is 8.82. The molecule has 1 aliphatic heterocycles. The highest BCUT2D eigenvalue weighted by atomic mass is 16.5. The molecule has 2 bridgehead atoms. The normalized spacial score (nSPS) is 43.8. The molecule has 0 unspecified atom stereocenters. The summed E-state index contributed by atoms with van der Waals surface area (Å²) in [6, 6.07) is 10.1. The Bertz CT molecular complexity index is 1320. The molecule has 11 atom stereocenters. The lowest BCUT2D eigenvalue weighted by molar-refractivity contribution is -0.265. The topological polar surface area (TPSA) is 54.0 Å². The lowest BCUT2D eigenvalue weighted by Gasteiger charge is -2.71. The fourth-order valence-electron chi connectivity index (χ4n) is 12.0. The van der Waals surface area contributed by atoms with Crippen LogP contribution in [0.5, 0.6) is 0 Å². The molecule has 5 heteroatoms. The van der Waals surface area contributed by atoms with Crippen molar-refractivity contribution in [2.24, 2.45) is 56.7 Å². The summed E-state index contributed by atoms with van der Waals surface area (Å²) in [4.78, 5) is 14.6. The number of carbonyl (C=O) groups excluding carboxylic acids is 1. The largest absolute Gasteiger partial charge is 0.461 e. The second-order valence-corrected chi connectivity index (χ2v) is 17.1. The summed E-state index contributed by atoms with van der Waals surface area (Å²) in [5.74, 6) is 1.56. The molecule has 0 aromatic heterocycles. The Morgan fingerprint density at radius 1 is 1.04 bits per heavy atom. The first-order valence-electron chi connectivity index (χ1n) is 18.1. The van der Waals surface area contributed by atoms with Crippen molar-refractivity contribution in [1.29, 1.82) is 0 Å². The minimum atomic E-state index is -0.224. The monoisotopic (exact) mass is 632 g/mol. The Morgan fingerprint density at radius 3 is 2.46 bits per heavy atom.